The molecule has 0 aliphatic carbocycles. The van der Waals surface area contributed by atoms with Gasteiger partial charge in [-0.15, -0.1) is 6.42 Å². The van der Waals surface area contributed by atoms with Gasteiger partial charge >= 0.3 is 6.09 Å². The molecule has 16 nitrogen and oxygen atoms in total. The van der Waals surface area contributed by atoms with E-state index in [0.29, 0.717) is 94.5 Å². The number of fused-ring (bicyclic) bond motifs is 3. The van der Waals surface area contributed by atoms with Gasteiger partial charge in [-0.1, -0.05) is 12.0 Å². The van der Waals surface area contributed by atoms with Crippen molar-refractivity contribution in [1.29, 1.82) is 0 Å². The zero-order chi connectivity index (χ0) is 41.8. The van der Waals surface area contributed by atoms with Crippen LogP contribution >= 0.6 is 0 Å². The largest absolute Gasteiger partial charge is 0.444 e. The number of anilines is 1. The highest BCUT2D eigenvalue weighted by Crippen LogP contribution is 2.48. The summed E-state index contributed by atoms with van der Waals surface area (Å²) in [5.41, 5.74) is 2.15. The van der Waals surface area contributed by atoms with E-state index in [2.05, 4.69) is 28.4 Å². The van der Waals surface area contributed by atoms with Crippen molar-refractivity contribution in [3.63, 3.8) is 0 Å². The molecule has 0 radical (unpaired) electrons. The number of terminal acetylenes is 1. The Kier molecular flexibility index (Phi) is 15.5. The minimum absolute atomic E-state index is 0.0527. The van der Waals surface area contributed by atoms with E-state index in [1.807, 2.05) is 23.6 Å². The summed E-state index contributed by atoms with van der Waals surface area (Å²) in [5.74, 6) is 2.41. The lowest BCUT2D eigenvalue weighted by molar-refractivity contribution is -0.134. The predicted molar refractivity (Wildman–Crippen MR) is 215 cm³/mol. The Hall–Kier alpha value is -4.78. The Balaban J connectivity index is 1.15. The molecule has 1 fully saturated rings. The average molecular weight is 823 g/mol. The highest BCUT2D eigenvalue weighted by atomic mass is 32.2. The number of nitrogens with one attached hydrogen (secondary N) is 1. The summed E-state index contributed by atoms with van der Waals surface area (Å²) < 4.78 is 54.5. The van der Waals surface area contributed by atoms with Crippen molar-refractivity contribution < 1.29 is 46.5 Å². The Morgan fingerprint density at radius 1 is 1.00 bits per heavy atom. The van der Waals surface area contributed by atoms with Crippen molar-refractivity contribution in [1.82, 2.24) is 24.8 Å². The highest BCUT2D eigenvalue weighted by Gasteiger charge is 2.52. The molecule has 314 valence electrons. The van der Waals surface area contributed by atoms with Crippen LogP contribution in [0, 0.1) is 31.4 Å². The van der Waals surface area contributed by atoms with E-state index in [0.717, 1.165) is 11.1 Å². The molecule has 5 rings (SSSR count). The molecule has 1 N–H and O–H groups in total. The number of pyridine rings is 1. The molecule has 1 aromatic carbocycles. The molecule has 17 heteroatoms. The smallest absolute Gasteiger partial charge is 0.408 e. The van der Waals surface area contributed by atoms with Crippen LogP contribution in [0.25, 0.3) is 11.0 Å². The monoisotopic (exact) mass is 822 g/mol. The Bertz CT molecular complexity index is 2030. The molecule has 1 spiro atoms. The van der Waals surface area contributed by atoms with Gasteiger partial charge in [-0.2, -0.15) is 0 Å². The van der Waals surface area contributed by atoms with Crippen LogP contribution in [-0.2, 0) is 61.6 Å². The molecule has 0 bridgehead atoms. The normalized spacial score (nSPS) is 15.1. The Morgan fingerprint density at radius 3 is 2.34 bits per heavy atom. The molecule has 1 saturated heterocycles. The number of likely N-dealkylation sites (tertiary alicyclic amines) is 1. The Morgan fingerprint density at radius 2 is 1.67 bits per heavy atom. The number of hydrogen-bond acceptors (Lipinski definition) is 12. The molecule has 4 heterocycles. The third-order valence-electron chi connectivity index (χ3n) is 9.80. The minimum Gasteiger partial charge on any atom is -0.444 e. The number of piperidine rings is 1. The van der Waals surface area contributed by atoms with E-state index in [1.165, 1.54) is 0 Å². The van der Waals surface area contributed by atoms with E-state index >= 15 is 0 Å². The van der Waals surface area contributed by atoms with Gasteiger partial charge in [-0.3, -0.25) is 14.6 Å². The number of aryl methyl sites for hydroxylation is 2. The fourth-order valence-corrected chi connectivity index (χ4v) is 8.16. The van der Waals surface area contributed by atoms with E-state index in [-0.39, 0.29) is 56.2 Å². The van der Waals surface area contributed by atoms with Crippen molar-refractivity contribution in [2.45, 2.75) is 71.1 Å². The quantitative estimate of drug-likeness (QED) is 0.123. The lowest BCUT2D eigenvalue weighted by Crippen LogP contribution is -2.52. The number of ether oxygens (including phenoxy) is 5. The molecule has 58 heavy (non-hydrogen) atoms. The highest BCUT2D eigenvalue weighted by molar-refractivity contribution is 7.91. The van der Waals surface area contributed by atoms with Gasteiger partial charge in [0.05, 0.1) is 87.1 Å². The third kappa shape index (κ3) is 11.9. The van der Waals surface area contributed by atoms with Crippen LogP contribution in [-0.4, -0.2) is 135 Å². The van der Waals surface area contributed by atoms with Gasteiger partial charge in [-0.25, -0.2) is 18.2 Å². The molecule has 2 aliphatic rings. The van der Waals surface area contributed by atoms with E-state index in [9.17, 15) is 22.8 Å². The summed E-state index contributed by atoms with van der Waals surface area (Å²) in [6.45, 7) is 10.5. The molecule has 2 aliphatic heterocycles. The lowest BCUT2D eigenvalue weighted by Gasteiger charge is -2.38. The summed E-state index contributed by atoms with van der Waals surface area (Å²) in [6, 6.07) is 10.0. The molecule has 2 aromatic heterocycles. The maximum absolute atomic E-state index is 14.5. The maximum Gasteiger partial charge on any atom is 0.408 e. The fourth-order valence-electron chi connectivity index (χ4n) is 7.02. The first-order valence-electron chi connectivity index (χ1n) is 19.5. The number of carbonyl (C=O) groups is 3. The number of imidazole rings is 1. The van der Waals surface area contributed by atoms with E-state index in [1.54, 1.807) is 43.0 Å². The summed E-state index contributed by atoms with van der Waals surface area (Å²) in [5, 5.41) is 2.52. The van der Waals surface area contributed by atoms with Crippen LogP contribution in [0.5, 0.6) is 0 Å². The van der Waals surface area contributed by atoms with Crippen molar-refractivity contribution in [3.8, 4) is 12.3 Å². The van der Waals surface area contributed by atoms with Gasteiger partial charge in [-0.05, 0) is 70.7 Å². The number of nitrogens with zero attached hydrogens (tertiary/aromatic N) is 5. The first-order valence-corrected chi connectivity index (χ1v) is 21.3. The van der Waals surface area contributed by atoms with E-state index in [4.69, 9.17) is 35.1 Å². The van der Waals surface area contributed by atoms with Crippen LogP contribution < -0.4 is 10.2 Å². The molecule has 0 saturated carbocycles. The topological polar surface area (TPSA) is 181 Å². The van der Waals surface area contributed by atoms with Crippen LogP contribution in [0.15, 0.2) is 24.5 Å². The summed E-state index contributed by atoms with van der Waals surface area (Å²) >= 11 is 0. The molecular weight excluding hydrogens is 769 g/mol. The maximum atomic E-state index is 14.5. The van der Waals surface area contributed by atoms with Crippen molar-refractivity contribution in [3.05, 3.63) is 53.6 Å². The predicted octanol–water partition coefficient (Wildman–Crippen LogP) is 2.78. The summed E-state index contributed by atoms with van der Waals surface area (Å²) in [6.07, 6.45) is 8.89. The number of aromatic nitrogens is 3. The van der Waals surface area contributed by atoms with Crippen LogP contribution in [0.2, 0.25) is 0 Å². The van der Waals surface area contributed by atoms with Gasteiger partial charge in [0.1, 0.15) is 30.1 Å². The number of amides is 3. The first kappa shape index (κ1) is 44.3. The standard InChI is InChI=1S/C41H54N6O10S/c1-6-17-53-18-19-54-20-21-55-22-23-56-24-26-58(51,52)25-7-14-46-34-9-8-31(2)27-33(34)44-36(46)30-47-35-28-42-13-10-32(35)41(38(47)49)11-15-45(16-12-41)37(48)29-43-39(50)57-40(3,4)5/h1,10,13,27-28H,7,11-12,14-26,29-30H2,2-5H3,(H,43,50). The second kappa shape index (κ2) is 20.3. The number of carbonyl (C=O) groups excluding carboxylic acids is 3. The Labute approximate surface area is 340 Å². The number of alkyl carbamates (subject to hydrolysis) is 1. The van der Waals surface area contributed by atoms with Crippen LogP contribution in [0.1, 0.15) is 57.0 Å². The number of rotatable bonds is 21. The minimum atomic E-state index is -3.43. The first-order chi connectivity index (χ1) is 27.7. The third-order valence-corrected chi connectivity index (χ3v) is 11.5. The SMILES string of the molecule is C#CCOCCOCCOCCOCCS(=O)(=O)CCCn1c(CN2C(=O)C3(CCN(C(=O)CNC(=O)OC(C)(C)C)CC3)c3ccncc32)nc2cc(C)c#cc21. The molecule has 3 amide bonds. The summed E-state index contributed by atoms with van der Waals surface area (Å²) in [4.78, 5) is 52.3. The van der Waals surface area contributed by atoms with Gasteiger partial charge in [0.25, 0.3) is 0 Å². The number of sulfone groups is 1. The zero-order valence-electron chi connectivity index (χ0n) is 33.8. The molecule has 0 unspecified atom stereocenters. The molecule has 3 aromatic rings. The van der Waals surface area contributed by atoms with E-state index < -0.39 is 26.9 Å². The average Bonchev–Trinajstić information content (AvgIpc) is 3.62. The second-order valence-corrected chi connectivity index (χ2v) is 17.5. The summed E-state index contributed by atoms with van der Waals surface area (Å²) in [7, 11) is -3.43. The second-order valence-electron chi connectivity index (χ2n) is 15.2. The zero-order valence-corrected chi connectivity index (χ0v) is 34.7. The molecule has 0 atom stereocenters. The van der Waals surface area contributed by atoms with Gasteiger partial charge in [0.15, 0.2) is 9.84 Å². The number of hydrogen-bond donors (Lipinski definition) is 1. The van der Waals surface area contributed by atoms with Gasteiger partial charge < -0.3 is 43.4 Å². The van der Waals surface area contributed by atoms with Gasteiger partial charge in [0, 0.05) is 31.4 Å². The molecular formula is C41H54N6O10S. The lowest BCUT2D eigenvalue weighted by atomic mass is 9.74. The van der Waals surface area contributed by atoms with Gasteiger partial charge in [0.2, 0.25) is 11.8 Å². The van der Waals surface area contributed by atoms with Crippen molar-refractivity contribution in [2.24, 2.45) is 0 Å². The van der Waals surface area contributed by atoms with Crippen molar-refractivity contribution >= 4 is 44.5 Å². The van der Waals surface area contributed by atoms with Crippen molar-refractivity contribution in [2.75, 3.05) is 88.9 Å². The van der Waals surface area contributed by atoms with Crippen LogP contribution in [0.3, 0.4) is 0 Å². The fraction of sp³-hybridized carbons (Fsp3) is 0.585. The van der Waals surface area contributed by atoms with Crippen LogP contribution in [0.4, 0.5) is 10.5 Å².